The Morgan fingerprint density at radius 3 is 1.96 bits per heavy atom. The standard InChI is InChI=1S/C24H33F2N7O13P2S/c1-39-13-10(45-17(15(13)41-3)22-32-12-19(27)29-8-30-21(12)33-22)5-43-47(35,36)24(25,26)48(37,38)44-6-11-14(40-2)16(42-4)18(46-11)23-31-9(7-49-23)20(28)34/h7-8,10-11,13-18H,5-6H2,1-4H3,(H2,28,34)(H,35,36)(H,37,38)(H3,27,29,30,32,33)/t10-,11-,13+,14+,15?,16?,17-,18-/m1/s1. The molecule has 5 rings (SSSR count). The van der Waals surface area contributed by atoms with Crippen LogP contribution in [0, 0.1) is 0 Å². The molecular formula is C24H33F2N7O13P2S. The highest BCUT2D eigenvalue weighted by molar-refractivity contribution is 7.72. The molecule has 1 amide bonds. The van der Waals surface area contributed by atoms with Crippen molar-refractivity contribution in [3.8, 4) is 0 Å². The largest absolute Gasteiger partial charge is 0.443 e. The Morgan fingerprint density at radius 1 is 0.939 bits per heavy atom. The fraction of sp³-hybridized carbons (Fsp3) is 0.625. The van der Waals surface area contributed by atoms with Crippen molar-refractivity contribution in [1.82, 2.24) is 24.9 Å². The molecule has 0 aromatic carbocycles. The second-order valence-corrected chi connectivity index (χ2v) is 15.6. The summed E-state index contributed by atoms with van der Waals surface area (Å²) in [6.07, 6.45) is -7.47. The average Bonchev–Trinajstić information content (AvgIpc) is 3.85. The number of hydrogen-bond donors (Lipinski definition) is 5. The smallest absolute Gasteiger partial charge is 0.382 e. The quantitative estimate of drug-likeness (QED) is 0.136. The van der Waals surface area contributed by atoms with Gasteiger partial charge in [0.1, 0.15) is 77.2 Å². The second-order valence-electron chi connectivity index (χ2n) is 10.6. The van der Waals surface area contributed by atoms with Crippen molar-refractivity contribution in [2.24, 2.45) is 5.73 Å². The molecule has 10 atom stereocenters. The van der Waals surface area contributed by atoms with Crippen LogP contribution in [0.25, 0.3) is 11.2 Å². The summed E-state index contributed by atoms with van der Waals surface area (Å²) in [5.41, 5.74) is 11.5. The van der Waals surface area contributed by atoms with Crippen LogP contribution in [0.4, 0.5) is 14.6 Å². The Hall–Kier alpha value is -2.63. The summed E-state index contributed by atoms with van der Waals surface area (Å²) in [4.78, 5) is 51.2. The number of alkyl halides is 2. The van der Waals surface area contributed by atoms with E-state index in [-0.39, 0.29) is 33.5 Å². The van der Waals surface area contributed by atoms with E-state index in [2.05, 4.69) is 29.4 Å². The van der Waals surface area contributed by atoms with E-state index in [0.717, 1.165) is 11.3 Å². The van der Waals surface area contributed by atoms with Gasteiger partial charge in [0.05, 0.1) is 13.2 Å². The van der Waals surface area contributed by atoms with Gasteiger partial charge in [-0.15, -0.1) is 11.3 Å². The molecule has 2 fully saturated rings. The van der Waals surface area contributed by atoms with Gasteiger partial charge in [0.15, 0.2) is 11.5 Å². The number of nitrogens with one attached hydrogen (secondary N) is 1. The van der Waals surface area contributed by atoms with Gasteiger partial charge >= 0.3 is 20.6 Å². The van der Waals surface area contributed by atoms with Gasteiger partial charge in [0.25, 0.3) is 5.91 Å². The summed E-state index contributed by atoms with van der Waals surface area (Å²) < 4.78 is 99.1. The number of nitrogen functional groups attached to an aromatic ring is 1. The second kappa shape index (κ2) is 14.5. The number of hydrogen-bond acceptors (Lipinski definition) is 17. The van der Waals surface area contributed by atoms with Crippen molar-refractivity contribution in [3.63, 3.8) is 0 Å². The lowest BCUT2D eigenvalue weighted by Gasteiger charge is -2.28. The number of carbonyl (C=O) groups excluding carboxylic acids is 1. The van der Waals surface area contributed by atoms with E-state index in [4.69, 9.17) is 44.4 Å². The minimum atomic E-state index is -6.28. The van der Waals surface area contributed by atoms with Crippen LogP contribution in [0.1, 0.15) is 33.5 Å². The average molecular weight is 760 g/mol. The van der Waals surface area contributed by atoms with Crippen molar-refractivity contribution >= 4 is 49.4 Å². The van der Waals surface area contributed by atoms with Crippen molar-refractivity contribution in [1.29, 1.82) is 0 Å². The third-order valence-electron chi connectivity index (χ3n) is 7.84. The first-order valence-corrected chi connectivity index (χ1v) is 18.1. The van der Waals surface area contributed by atoms with Crippen LogP contribution in [0.5, 0.6) is 0 Å². The Kier molecular flexibility index (Phi) is 11.2. The van der Waals surface area contributed by atoms with E-state index in [1.807, 2.05) is 0 Å². The van der Waals surface area contributed by atoms with E-state index in [9.17, 15) is 23.7 Å². The van der Waals surface area contributed by atoms with E-state index in [1.54, 1.807) is 0 Å². The molecule has 3 aromatic rings. The molecule has 0 saturated carbocycles. The van der Waals surface area contributed by atoms with E-state index in [0.29, 0.717) is 0 Å². The minimum absolute atomic E-state index is 0.0621. The zero-order valence-corrected chi connectivity index (χ0v) is 28.7. The molecule has 3 aromatic heterocycles. The summed E-state index contributed by atoms with van der Waals surface area (Å²) in [5.74, 6) is -0.569. The Balaban J connectivity index is 1.26. The summed E-state index contributed by atoms with van der Waals surface area (Å²) in [7, 11) is -7.46. The number of aromatic nitrogens is 5. The minimum Gasteiger partial charge on any atom is -0.382 e. The van der Waals surface area contributed by atoms with Crippen molar-refractivity contribution in [3.05, 3.63) is 28.2 Å². The number of fused-ring (bicyclic) bond motifs is 1. The summed E-state index contributed by atoms with van der Waals surface area (Å²) in [5, 5.41) is -3.75. The number of ether oxygens (including phenoxy) is 6. The predicted octanol–water partition coefficient (Wildman–Crippen LogP) is 1.08. The van der Waals surface area contributed by atoms with Gasteiger partial charge in [-0.2, -0.15) is 8.78 Å². The van der Waals surface area contributed by atoms with Crippen LogP contribution < -0.4 is 11.5 Å². The van der Waals surface area contributed by atoms with Crippen LogP contribution in [-0.2, 0) is 46.6 Å². The topological polar surface area (TPSA) is 285 Å². The number of nitrogens with two attached hydrogens (primary N) is 2. The Morgan fingerprint density at radius 2 is 1.47 bits per heavy atom. The van der Waals surface area contributed by atoms with E-state index >= 15 is 8.78 Å². The molecule has 7 N–H and O–H groups in total. The molecule has 0 radical (unpaired) electrons. The number of amides is 1. The van der Waals surface area contributed by atoms with Gasteiger partial charge in [0, 0.05) is 33.8 Å². The van der Waals surface area contributed by atoms with Crippen molar-refractivity contribution in [2.75, 3.05) is 47.4 Å². The van der Waals surface area contributed by atoms with Gasteiger partial charge in [-0.25, -0.2) is 19.9 Å². The lowest BCUT2D eigenvalue weighted by molar-refractivity contribution is -0.0437. The van der Waals surface area contributed by atoms with Gasteiger partial charge in [-0.05, 0) is 0 Å². The number of H-pyrrole nitrogens is 1. The van der Waals surface area contributed by atoms with Crippen molar-refractivity contribution < 1.29 is 70.0 Å². The van der Waals surface area contributed by atoms with Crippen LogP contribution in [-0.4, -0.2) is 124 Å². The molecule has 20 nitrogen and oxygen atoms in total. The van der Waals surface area contributed by atoms with Crippen molar-refractivity contribution in [2.45, 2.75) is 54.2 Å². The zero-order valence-electron chi connectivity index (χ0n) is 26.1. The fourth-order valence-electron chi connectivity index (χ4n) is 5.42. The summed E-state index contributed by atoms with van der Waals surface area (Å²) in [6, 6.07) is 0. The number of anilines is 1. The molecule has 0 bridgehead atoms. The number of rotatable bonds is 15. The summed E-state index contributed by atoms with van der Waals surface area (Å²) >= 11 is 0.993. The maximum absolute atomic E-state index is 15.3. The van der Waals surface area contributed by atoms with Gasteiger partial charge in [0.2, 0.25) is 0 Å². The maximum atomic E-state index is 15.3. The first-order valence-electron chi connectivity index (χ1n) is 14.1. The SMILES string of the molecule is COC1[C@@H](OC)[C@@H](COP(=O)(O)C(F)(F)P(=O)(O)OC[C@H]2O[C@@H](c3nc(C(N)=O)cs3)C(OC)[C@H]2OC)O[C@H]1c1nc2ncnc(N)c2[nH]1. The number of aromatic amines is 1. The van der Waals surface area contributed by atoms with Crippen LogP contribution in [0.15, 0.2) is 11.7 Å². The Labute approximate surface area is 279 Å². The highest BCUT2D eigenvalue weighted by atomic mass is 32.1. The Bertz CT molecular complexity index is 1750. The number of halogens is 2. The number of nitrogens with zero attached hydrogens (tertiary/aromatic N) is 4. The first kappa shape index (κ1) is 37.6. The van der Waals surface area contributed by atoms with Gasteiger partial charge in [-0.3, -0.25) is 13.9 Å². The number of carbonyl (C=O) groups is 1. The molecule has 25 heteroatoms. The lowest BCUT2D eigenvalue weighted by atomic mass is 10.1. The fourth-order valence-corrected chi connectivity index (χ4v) is 8.93. The normalized spacial score (nSPS) is 30.0. The molecular weight excluding hydrogens is 726 g/mol. The molecule has 4 unspecified atom stereocenters. The summed E-state index contributed by atoms with van der Waals surface area (Å²) in [6.45, 7) is -2.04. The van der Waals surface area contributed by atoms with Crippen LogP contribution >= 0.6 is 26.5 Å². The molecule has 2 aliphatic rings. The van der Waals surface area contributed by atoms with Gasteiger partial charge in [-0.1, -0.05) is 0 Å². The molecule has 0 aliphatic carbocycles. The number of primary amides is 1. The molecule has 5 heterocycles. The maximum Gasteiger partial charge on any atom is 0.443 e. The van der Waals surface area contributed by atoms with E-state index in [1.165, 1.54) is 40.1 Å². The monoisotopic (exact) mass is 759 g/mol. The predicted molar refractivity (Wildman–Crippen MR) is 162 cm³/mol. The molecule has 272 valence electrons. The van der Waals surface area contributed by atoms with Gasteiger partial charge < -0.3 is 63.7 Å². The van der Waals surface area contributed by atoms with E-state index < -0.39 is 88.5 Å². The molecule has 2 aliphatic heterocycles. The third-order valence-corrected chi connectivity index (χ3v) is 12.6. The zero-order chi connectivity index (χ0) is 35.9. The number of imidazole rings is 1. The lowest BCUT2D eigenvalue weighted by Crippen LogP contribution is -2.37. The highest BCUT2D eigenvalue weighted by Gasteiger charge is 2.67. The highest BCUT2D eigenvalue weighted by Crippen LogP contribution is 2.75. The van der Waals surface area contributed by atoms with Crippen LogP contribution in [0.3, 0.4) is 0 Å². The number of methoxy groups -OCH3 is 4. The third kappa shape index (κ3) is 7.01. The molecule has 0 spiro atoms. The number of thiazole rings is 1. The first-order chi connectivity index (χ1) is 23.1. The molecule has 49 heavy (non-hydrogen) atoms. The van der Waals surface area contributed by atoms with Crippen LogP contribution in [0.2, 0.25) is 0 Å². The molecule has 2 saturated heterocycles.